The molecule has 1 aromatic carbocycles. The number of benzene rings is 1. The molecule has 0 saturated carbocycles. The minimum atomic E-state index is 0.639. The third-order valence-corrected chi connectivity index (χ3v) is 5.28. The molecule has 1 rings (SSSR count). The van der Waals surface area contributed by atoms with Crippen LogP contribution in [0.2, 0.25) is 5.32 Å². The van der Waals surface area contributed by atoms with Crippen LogP contribution in [-0.4, -0.2) is 21.2 Å². The Kier molecular flexibility index (Phi) is 6.91. The van der Waals surface area contributed by atoms with E-state index >= 15 is 0 Å². The van der Waals surface area contributed by atoms with E-state index < -0.39 is 0 Å². The first-order chi connectivity index (χ1) is 7.38. The molecule has 0 fully saturated rings. The van der Waals surface area contributed by atoms with E-state index in [1.807, 2.05) is 11.8 Å². The predicted octanol–water partition coefficient (Wildman–Crippen LogP) is 4.27. The molecule has 1 aromatic rings. The molecule has 0 aliphatic heterocycles. The Bertz CT molecular complexity index is 293. The van der Waals surface area contributed by atoms with Gasteiger partial charge in [0.25, 0.3) is 0 Å². The summed E-state index contributed by atoms with van der Waals surface area (Å²) in [5.41, 5.74) is 1.41. The van der Waals surface area contributed by atoms with E-state index in [0.29, 0.717) is 15.0 Å². The molecule has 0 bridgehead atoms. The van der Waals surface area contributed by atoms with Crippen molar-refractivity contribution in [1.29, 1.82) is 0 Å². The summed E-state index contributed by atoms with van der Waals surface area (Å²) in [4.78, 5) is 0. The van der Waals surface area contributed by atoms with E-state index in [4.69, 9.17) is 0 Å². The van der Waals surface area contributed by atoms with Gasteiger partial charge in [-0.25, -0.2) is 0 Å². The van der Waals surface area contributed by atoms with E-state index in [0.717, 1.165) is 0 Å². The fourth-order valence-corrected chi connectivity index (χ4v) is 4.68. The van der Waals surface area contributed by atoms with Crippen molar-refractivity contribution >= 4 is 31.2 Å². The van der Waals surface area contributed by atoms with E-state index in [2.05, 4.69) is 48.9 Å². The number of thioether (sulfide) groups is 1. The number of rotatable bonds is 6. The molecular formula is C13H18SSe. The van der Waals surface area contributed by atoms with Crippen LogP contribution >= 0.6 is 11.8 Å². The van der Waals surface area contributed by atoms with E-state index in [1.54, 1.807) is 4.47 Å². The zero-order chi connectivity index (χ0) is 10.9. The van der Waals surface area contributed by atoms with Crippen LogP contribution in [0.1, 0.15) is 25.3 Å². The summed E-state index contributed by atoms with van der Waals surface area (Å²) in [5.74, 6) is 0. The van der Waals surface area contributed by atoms with Gasteiger partial charge in [-0.05, 0) is 0 Å². The number of hydrogen-bond acceptors (Lipinski definition) is 1. The second-order valence-corrected chi connectivity index (χ2v) is 6.38. The first-order valence-corrected chi connectivity index (χ1v) is 8.65. The van der Waals surface area contributed by atoms with Crippen molar-refractivity contribution < 1.29 is 0 Å². The van der Waals surface area contributed by atoms with Gasteiger partial charge in [-0.15, -0.1) is 0 Å². The van der Waals surface area contributed by atoms with Gasteiger partial charge in [0.2, 0.25) is 0 Å². The summed E-state index contributed by atoms with van der Waals surface area (Å²) < 4.78 is 1.55. The second-order valence-electron chi connectivity index (χ2n) is 3.29. The van der Waals surface area contributed by atoms with Gasteiger partial charge >= 0.3 is 104 Å². The molecule has 2 heteroatoms. The average molecular weight is 285 g/mol. The molecule has 0 nitrogen and oxygen atoms in total. The van der Waals surface area contributed by atoms with Crippen molar-refractivity contribution in [2.24, 2.45) is 0 Å². The number of hydrogen-bond donors (Lipinski definition) is 0. The second kappa shape index (κ2) is 8.04. The fourth-order valence-electron chi connectivity index (χ4n) is 1.22. The van der Waals surface area contributed by atoms with E-state index in [-0.39, 0.29) is 0 Å². The van der Waals surface area contributed by atoms with Gasteiger partial charge in [0.15, 0.2) is 0 Å². The quantitative estimate of drug-likeness (QED) is 0.555. The Labute approximate surface area is 104 Å². The van der Waals surface area contributed by atoms with Crippen LogP contribution < -0.4 is 0 Å². The van der Waals surface area contributed by atoms with Gasteiger partial charge in [0.05, 0.1) is 0 Å². The molecule has 0 spiro atoms. The SMILES string of the molecule is CCCC[Se]/C(=C\SC)c1ccccc1. The summed E-state index contributed by atoms with van der Waals surface area (Å²) >= 11 is 2.46. The first kappa shape index (κ1) is 12.9. The summed E-state index contributed by atoms with van der Waals surface area (Å²) in [6.07, 6.45) is 4.81. The third-order valence-electron chi connectivity index (χ3n) is 2.04. The van der Waals surface area contributed by atoms with Gasteiger partial charge in [-0.1, -0.05) is 0 Å². The van der Waals surface area contributed by atoms with Gasteiger partial charge in [0, 0.05) is 0 Å². The van der Waals surface area contributed by atoms with Gasteiger partial charge in [0.1, 0.15) is 0 Å². The molecule has 0 heterocycles. The molecule has 0 saturated heterocycles. The molecule has 0 N–H and O–H groups in total. The topological polar surface area (TPSA) is 0 Å². The van der Waals surface area contributed by atoms with Crippen LogP contribution in [0, 0.1) is 0 Å². The van der Waals surface area contributed by atoms with Gasteiger partial charge < -0.3 is 0 Å². The zero-order valence-corrected chi connectivity index (χ0v) is 11.9. The van der Waals surface area contributed by atoms with Crippen LogP contribution in [0.5, 0.6) is 0 Å². The monoisotopic (exact) mass is 286 g/mol. The normalized spacial score (nSPS) is 11.7. The molecule has 0 radical (unpaired) electrons. The minimum absolute atomic E-state index is 0.639. The maximum atomic E-state index is 2.31. The molecule has 0 unspecified atom stereocenters. The first-order valence-electron chi connectivity index (χ1n) is 5.29. The Balaban J connectivity index is 2.63. The van der Waals surface area contributed by atoms with Crippen LogP contribution in [0.15, 0.2) is 35.7 Å². The van der Waals surface area contributed by atoms with Gasteiger partial charge in [-0.2, -0.15) is 0 Å². The third kappa shape index (κ3) is 4.92. The van der Waals surface area contributed by atoms with Crippen molar-refractivity contribution in [3.8, 4) is 0 Å². The van der Waals surface area contributed by atoms with Crippen molar-refractivity contribution in [2.45, 2.75) is 25.1 Å². The summed E-state index contributed by atoms with van der Waals surface area (Å²) in [6.45, 7) is 2.26. The Hall–Kier alpha value is -0.171. The Morgan fingerprint density at radius 2 is 2.07 bits per heavy atom. The Morgan fingerprint density at radius 1 is 1.33 bits per heavy atom. The predicted molar refractivity (Wildman–Crippen MR) is 73.4 cm³/mol. The van der Waals surface area contributed by atoms with Crippen LogP contribution in [-0.2, 0) is 0 Å². The van der Waals surface area contributed by atoms with Crippen molar-refractivity contribution in [3.63, 3.8) is 0 Å². The van der Waals surface area contributed by atoms with Crippen molar-refractivity contribution in [2.75, 3.05) is 6.26 Å². The summed E-state index contributed by atoms with van der Waals surface area (Å²) in [5, 5.41) is 3.68. The van der Waals surface area contributed by atoms with E-state index in [1.165, 1.54) is 23.7 Å². The fraction of sp³-hybridized carbons (Fsp3) is 0.385. The molecule has 0 aromatic heterocycles. The summed E-state index contributed by atoms with van der Waals surface area (Å²) in [7, 11) is 0. The van der Waals surface area contributed by atoms with Crippen LogP contribution in [0.3, 0.4) is 0 Å². The molecule has 0 amide bonds. The Morgan fingerprint density at radius 3 is 2.67 bits per heavy atom. The molecular weight excluding hydrogens is 267 g/mol. The molecule has 0 atom stereocenters. The standard InChI is InChI=1S/C13H18SSe/c1-3-4-10-15-13(11-14-2)12-8-6-5-7-9-12/h5-9,11H,3-4,10H2,1-2H3/b13-11-. The summed E-state index contributed by atoms with van der Waals surface area (Å²) in [6, 6.07) is 10.8. The molecule has 15 heavy (non-hydrogen) atoms. The number of unbranched alkanes of at least 4 members (excludes halogenated alkanes) is 1. The van der Waals surface area contributed by atoms with Crippen LogP contribution in [0.4, 0.5) is 0 Å². The maximum absolute atomic E-state index is 2.31. The zero-order valence-electron chi connectivity index (χ0n) is 9.40. The van der Waals surface area contributed by atoms with Crippen molar-refractivity contribution in [3.05, 3.63) is 41.3 Å². The van der Waals surface area contributed by atoms with E-state index in [9.17, 15) is 0 Å². The molecule has 0 aliphatic rings. The van der Waals surface area contributed by atoms with Gasteiger partial charge in [-0.3, -0.25) is 0 Å². The average Bonchev–Trinajstić information content (AvgIpc) is 2.29. The molecule has 82 valence electrons. The van der Waals surface area contributed by atoms with Crippen molar-refractivity contribution in [1.82, 2.24) is 0 Å². The molecule has 0 aliphatic carbocycles. The van der Waals surface area contributed by atoms with Crippen LogP contribution in [0.25, 0.3) is 4.47 Å².